The molecule has 132 valence electrons. The van der Waals surface area contributed by atoms with Gasteiger partial charge < -0.3 is 0 Å². The molecule has 0 aliphatic carbocycles. The highest BCUT2D eigenvalue weighted by molar-refractivity contribution is 9.10. The van der Waals surface area contributed by atoms with Crippen LogP contribution in [0.3, 0.4) is 0 Å². The summed E-state index contributed by atoms with van der Waals surface area (Å²) in [5.74, 6) is -0.214. The van der Waals surface area contributed by atoms with Crippen molar-refractivity contribution in [1.82, 2.24) is 0 Å². The average Bonchev–Trinajstić information content (AvgIpc) is 2.62. The van der Waals surface area contributed by atoms with Gasteiger partial charge in [0.2, 0.25) is 0 Å². The van der Waals surface area contributed by atoms with Gasteiger partial charge in [-0.2, -0.15) is 0 Å². The highest BCUT2D eigenvalue weighted by atomic mass is 79.9. The first-order chi connectivity index (χ1) is 12.3. The number of Topliss-reactive ketones (excluding diaryl/α,β-unsaturated/α-hetero) is 1. The molecule has 0 aliphatic heterocycles. The second-order valence-corrected chi connectivity index (χ2v) is 8.95. The lowest BCUT2D eigenvalue weighted by Crippen LogP contribution is -2.05. The summed E-state index contributed by atoms with van der Waals surface area (Å²) in [5.41, 5.74) is 3.10. The Labute approximate surface area is 161 Å². The van der Waals surface area contributed by atoms with Crippen molar-refractivity contribution in [2.75, 3.05) is 0 Å². The second kappa shape index (κ2) is 7.56. The Bertz CT molecular complexity index is 1040. The van der Waals surface area contributed by atoms with Crippen molar-refractivity contribution in [2.24, 2.45) is 0 Å². The molecule has 0 spiro atoms. The highest BCUT2D eigenvalue weighted by Gasteiger charge is 2.16. The van der Waals surface area contributed by atoms with Gasteiger partial charge in [-0.05, 0) is 53.9 Å². The van der Waals surface area contributed by atoms with Gasteiger partial charge in [0.1, 0.15) is 0 Å². The molecule has 0 radical (unpaired) electrons. The maximum Gasteiger partial charge on any atom is 0.182 e. The van der Waals surface area contributed by atoms with E-state index in [2.05, 4.69) is 15.9 Å². The maximum atomic E-state index is 12.7. The number of hydrogen-bond acceptors (Lipinski definition) is 3. The minimum absolute atomic E-state index is 0.0805. The first-order valence-electron chi connectivity index (χ1n) is 8.04. The molecule has 0 bridgehead atoms. The summed E-state index contributed by atoms with van der Waals surface area (Å²) in [4.78, 5) is 11.7. The Balaban J connectivity index is 1.84. The quantitative estimate of drug-likeness (QED) is 0.518. The van der Waals surface area contributed by atoms with Gasteiger partial charge in [0.15, 0.2) is 15.6 Å². The molecule has 0 heterocycles. The van der Waals surface area contributed by atoms with Crippen molar-refractivity contribution in [2.45, 2.75) is 17.6 Å². The Morgan fingerprint density at radius 1 is 0.885 bits per heavy atom. The van der Waals surface area contributed by atoms with Crippen LogP contribution in [-0.2, 0) is 15.6 Å². The van der Waals surface area contributed by atoms with E-state index in [9.17, 15) is 13.2 Å². The smallest absolute Gasteiger partial charge is 0.182 e. The molecule has 26 heavy (non-hydrogen) atoms. The fraction of sp³-hybridized carbons (Fsp3) is 0.0952. The molecule has 0 unspecified atom stereocenters. The first kappa shape index (κ1) is 18.5. The molecule has 0 saturated heterocycles. The van der Waals surface area contributed by atoms with Crippen molar-refractivity contribution >= 4 is 31.6 Å². The summed E-state index contributed by atoms with van der Waals surface area (Å²) in [6.07, 6.45) is 0. The molecule has 0 aromatic heterocycles. The third-order valence-corrected chi connectivity index (χ3v) is 6.31. The Morgan fingerprint density at radius 2 is 1.46 bits per heavy atom. The van der Waals surface area contributed by atoms with Crippen LogP contribution in [0.15, 0.2) is 82.2 Å². The van der Waals surface area contributed by atoms with Gasteiger partial charge in [-0.25, -0.2) is 8.42 Å². The summed E-state index contributed by atoms with van der Waals surface area (Å²) in [6, 6.07) is 21.5. The van der Waals surface area contributed by atoms with E-state index in [0.717, 1.165) is 15.6 Å². The topological polar surface area (TPSA) is 51.2 Å². The van der Waals surface area contributed by atoms with Crippen LogP contribution in [0.5, 0.6) is 0 Å². The lowest BCUT2D eigenvalue weighted by atomic mass is 10.1. The number of benzene rings is 3. The van der Waals surface area contributed by atoms with Crippen molar-refractivity contribution < 1.29 is 13.2 Å². The monoisotopic (exact) mass is 428 g/mol. The predicted molar refractivity (Wildman–Crippen MR) is 107 cm³/mol. The fourth-order valence-electron chi connectivity index (χ4n) is 2.68. The van der Waals surface area contributed by atoms with Crippen LogP contribution < -0.4 is 0 Å². The summed E-state index contributed by atoms with van der Waals surface area (Å²) >= 11 is 3.40. The lowest BCUT2D eigenvalue weighted by molar-refractivity contribution is 0.101. The molecule has 0 aliphatic rings. The molecule has 3 aromatic carbocycles. The van der Waals surface area contributed by atoms with E-state index in [1.807, 2.05) is 36.4 Å². The number of ketones is 1. The Kier molecular flexibility index (Phi) is 5.39. The highest BCUT2D eigenvalue weighted by Crippen LogP contribution is 2.24. The van der Waals surface area contributed by atoms with Crippen LogP contribution >= 0.6 is 15.9 Å². The van der Waals surface area contributed by atoms with Gasteiger partial charge in [-0.15, -0.1) is 0 Å². The molecule has 0 saturated carbocycles. The van der Waals surface area contributed by atoms with Gasteiger partial charge in [0, 0.05) is 10.0 Å². The van der Waals surface area contributed by atoms with E-state index in [-0.39, 0.29) is 16.4 Å². The SMILES string of the molecule is CC(=O)c1cccc(CS(=O)(=O)c2ccc(-c3ccc(Br)cc3)cc2)c1. The summed E-state index contributed by atoms with van der Waals surface area (Å²) in [7, 11) is -3.48. The standard InChI is InChI=1S/C21H17BrO3S/c1-15(23)19-4-2-3-16(13-19)14-26(24,25)21-11-7-18(8-12-21)17-5-9-20(22)10-6-17/h2-13H,14H2,1H3. The molecule has 3 nitrogen and oxygen atoms in total. The predicted octanol–water partition coefficient (Wildman–Crippen LogP) is 5.29. The van der Waals surface area contributed by atoms with E-state index in [1.54, 1.807) is 36.4 Å². The molecule has 3 rings (SSSR count). The third-order valence-electron chi connectivity index (χ3n) is 4.08. The molecule has 0 atom stereocenters. The minimum atomic E-state index is -3.48. The Morgan fingerprint density at radius 3 is 2.04 bits per heavy atom. The van der Waals surface area contributed by atoms with E-state index in [0.29, 0.717) is 11.1 Å². The molecule has 0 fully saturated rings. The third kappa shape index (κ3) is 4.29. The number of carbonyl (C=O) groups excluding carboxylic acids is 1. The van der Waals surface area contributed by atoms with Crippen LogP contribution in [0, 0.1) is 0 Å². The molecule has 0 N–H and O–H groups in total. The lowest BCUT2D eigenvalue weighted by Gasteiger charge is -2.08. The van der Waals surface area contributed by atoms with Crippen LogP contribution in [0.4, 0.5) is 0 Å². The number of sulfone groups is 1. The minimum Gasteiger partial charge on any atom is -0.295 e. The summed E-state index contributed by atoms with van der Waals surface area (Å²) in [5, 5.41) is 0. The van der Waals surface area contributed by atoms with Crippen LogP contribution in [0.1, 0.15) is 22.8 Å². The van der Waals surface area contributed by atoms with Crippen molar-refractivity contribution in [3.63, 3.8) is 0 Å². The number of carbonyl (C=O) groups is 1. The second-order valence-electron chi connectivity index (χ2n) is 6.05. The van der Waals surface area contributed by atoms with E-state index in [1.165, 1.54) is 6.92 Å². The number of rotatable bonds is 5. The van der Waals surface area contributed by atoms with E-state index >= 15 is 0 Å². The average molecular weight is 429 g/mol. The first-order valence-corrected chi connectivity index (χ1v) is 10.5. The number of hydrogen-bond donors (Lipinski definition) is 0. The zero-order valence-corrected chi connectivity index (χ0v) is 16.5. The van der Waals surface area contributed by atoms with Gasteiger partial charge >= 0.3 is 0 Å². The summed E-state index contributed by atoms with van der Waals surface area (Å²) < 4.78 is 26.4. The fourth-order valence-corrected chi connectivity index (χ4v) is 4.28. The van der Waals surface area contributed by atoms with Gasteiger partial charge in [0.05, 0.1) is 10.6 Å². The van der Waals surface area contributed by atoms with Gasteiger partial charge in [-0.3, -0.25) is 4.79 Å². The molecular formula is C21H17BrO3S. The Hall–Kier alpha value is -2.24. The summed E-state index contributed by atoms with van der Waals surface area (Å²) in [6.45, 7) is 1.47. The zero-order valence-electron chi connectivity index (χ0n) is 14.1. The van der Waals surface area contributed by atoms with Crippen LogP contribution in [0.2, 0.25) is 0 Å². The van der Waals surface area contributed by atoms with Crippen molar-refractivity contribution in [3.05, 3.63) is 88.4 Å². The molecule has 3 aromatic rings. The normalized spacial score (nSPS) is 11.3. The molecule has 0 amide bonds. The maximum absolute atomic E-state index is 12.7. The number of halogens is 1. The van der Waals surface area contributed by atoms with Crippen molar-refractivity contribution in [1.29, 1.82) is 0 Å². The van der Waals surface area contributed by atoms with Gasteiger partial charge in [0.25, 0.3) is 0 Å². The zero-order chi connectivity index (χ0) is 18.7. The molecular weight excluding hydrogens is 412 g/mol. The van der Waals surface area contributed by atoms with E-state index < -0.39 is 9.84 Å². The molecule has 5 heteroatoms. The van der Waals surface area contributed by atoms with E-state index in [4.69, 9.17) is 0 Å². The van der Waals surface area contributed by atoms with Gasteiger partial charge in [-0.1, -0.05) is 58.4 Å². The van der Waals surface area contributed by atoms with Crippen LogP contribution in [0.25, 0.3) is 11.1 Å². The largest absolute Gasteiger partial charge is 0.295 e. The van der Waals surface area contributed by atoms with Crippen molar-refractivity contribution in [3.8, 4) is 11.1 Å². The van der Waals surface area contributed by atoms with Crippen LogP contribution in [-0.4, -0.2) is 14.2 Å².